The van der Waals surface area contributed by atoms with Crippen LogP contribution in [0.2, 0.25) is 0 Å². The molecule has 380 valence electrons. The number of hydrogen-bond acceptors (Lipinski definition) is 13. The second-order valence-electron chi connectivity index (χ2n) is 19.6. The van der Waals surface area contributed by atoms with Gasteiger partial charge in [-0.25, -0.2) is 9.97 Å². The number of aromatic hydroxyl groups is 1. The number of carbonyl (C=O) groups is 4. The highest BCUT2D eigenvalue weighted by atomic mass is 32.1. The van der Waals surface area contributed by atoms with E-state index in [1.807, 2.05) is 89.9 Å². The normalized spacial score (nSPS) is 16.9. The van der Waals surface area contributed by atoms with E-state index in [-0.39, 0.29) is 47.2 Å². The van der Waals surface area contributed by atoms with Gasteiger partial charge in [-0.15, -0.1) is 5.10 Å². The van der Waals surface area contributed by atoms with Crippen LogP contribution in [0.15, 0.2) is 104 Å². The summed E-state index contributed by atoms with van der Waals surface area (Å²) < 4.78 is 15.1. The quantitative estimate of drug-likeness (QED) is 0.145. The van der Waals surface area contributed by atoms with Gasteiger partial charge in [-0.1, -0.05) is 10.6 Å². The fraction of sp³-hybridized carbons (Fsp3) is 0.382. The SMILES string of the molecule is O=C(c1cc(C(=O)N2CCCCC2)c2cc(O)ccc2n1)N1CCC(n2cccn2)CC1.O=C(c1cc(C(=O)N2CCCCC2)c2cc(OCc3ccc4snnc4c3)ccc2n1)N1CCC(n2cccn2)CC1. The Bertz CT molecular complexity index is 3300. The molecule has 9 heterocycles. The summed E-state index contributed by atoms with van der Waals surface area (Å²) in [5.41, 5.74) is 4.49. The van der Waals surface area contributed by atoms with Crippen LogP contribution in [0.25, 0.3) is 32.0 Å². The van der Waals surface area contributed by atoms with Crippen LogP contribution in [0, 0.1) is 0 Å². The zero-order valence-corrected chi connectivity index (χ0v) is 42.0. The van der Waals surface area contributed by atoms with Gasteiger partial charge >= 0.3 is 0 Å². The van der Waals surface area contributed by atoms with Gasteiger partial charge in [-0.3, -0.25) is 28.5 Å². The van der Waals surface area contributed by atoms with Gasteiger partial charge in [-0.2, -0.15) is 10.2 Å². The zero-order valence-electron chi connectivity index (χ0n) is 41.2. The molecule has 18 nitrogen and oxygen atoms in total. The Morgan fingerprint density at radius 2 is 1.07 bits per heavy atom. The minimum Gasteiger partial charge on any atom is -0.508 e. The molecule has 8 aromatic rings. The molecule has 5 aromatic heterocycles. The van der Waals surface area contributed by atoms with E-state index in [1.165, 1.54) is 17.6 Å². The predicted molar refractivity (Wildman–Crippen MR) is 279 cm³/mol. The molecule has 4 aliphatic rings. The second kappa shape index (κ2) is 21.7. The van der Waals surface area contributed by atoms with Crippen molar-refractivity contribution in [2.75, 3.05) is 52.4 Å². The third-order valence-corrected chi connectivity index (χ3v) is 15.5. The van der Waals surface area contributed by atoms with Gasteiger partial charge in [0.2, 0.25) is 0 Å². The monoisotopic (exact) mass is 1010 g/mol. The number of carbonyl (C=O) groups excluding carboxylic acids is 4. The first-order chi connectivity index (χ1) is 36.2. The number of likely N-dealkylation sites (tertiary alicyclic amines) is 4. The van der Waals surface area contributed by atoms with Crippen LogP contribution in [-0.4, -0.2) is 140 Å². The zero-order chi connectivity index (χ0) is 50.5. The fourth-order valence-electron chi connectivity index (χ4n) is 10.7. The third-order valence-electron chi connectivity index (χ3n) is 14.8. The number of piperidine rings is 4. The number of hydrogen-bond donors (Lipinski definition) is 1. The largest absolute Gasteiger partial charge is 0.508 e. The van der Waals surface area contributed by atoms with Gasteiger partial charge in [-0.05, 0) is 154 Å². The summed E-state index contributed by atoms with van der Waals surface area (Å²) in [4.78, 5) is 70.9. The van der Waals surface area contributed by atoms with Crippen LogP contribution in [0.4, 0.5) is 0 Å². The summed E-state index contributed by atoms with van der Waals surface area (Å²) in [5.74, 6) is 0.240. The lowest BCUT2D eigenvalue weighted by molar-refractivity contribution is 0.0675. The lowest BCUT2D eigenvalue weighted by Gasteiger charge is -2.32. The summed E-state index contributed by atoms with van der Waals surface area (Å²) in [6.45, 7) is 5.70. The summed E-state index contributed by atoms with van der Waals surface area (Å²) in [7, 11) is 0. The molecule has 12 rings (SSSR count). The van der Waals surface area contributed by atoms with Gasteiger partial charge in [0, 0.05) is 87.9 Å². The van der Waals surface area contributed by atoms with Gasteiger partial charge in [0.15, 0.2) is 0 Å². The average Bonchev–Trinajstić information content (AvgIpc) is 4.30. The lowest BCUT2D eigenvalue weighted by atomic mass is 10.0. The standard InChI is InChI=1S/C31H31N7O3S.C24H27N5O3/c39-30(36-12-2-1-3-13-36)25-19-28(31(40)37-15-9-22(10-16-37)38-14-4-11-32-38)33-26-7-6-23(18-24(25)26)41-20-21-5-8-29-27(17-21)34-35-42-29;30-18-5-6-21-19(15-18)20(23(31)27-10-2-1-3-11-27)16-22(26-21)24(32)28-13-7-17(8-14-28)29-12-4-9-25-29/h4-8,11,14,17-19,22H,1-3,9-10,12-13,15-16,20H2;4-6,9,12,15-17,30H,1-3,7-8,10-11,13-14H2. The molecule has 0 atom stereocenters. The Hall–Kier alpha value is -7.80. The van der Waals surface area contributed by atoms with Crippen LogP contribution in [-0.2, 0) is 6.61 Å². The first-order valence-electron chi connectivity index (χ1n) is 25.8. The Balaban J connectivity index is 0.000000165. The molecule has 4 amide bonds. The van der Waals surface area contributed by atoms with Gasteiger partial charge in [0.05, 0.1) is 38.9 Å². The maximum absolute atomic E-state index is 13.8. The van der Waals surface area contributed by atoms with Crippen molar-refractivity contribution in [1.82, 2.24) is 58.7 Å². The maximum Gasteiger partial charge on any atom is 0.272 e. The Morgan fingerprint density at radius 1 is 0.554 bits per heavy atom. The van der Waals surface area contributed by atoms with Gasteiger partial charge in [0.25, 0.3) is 23.6 Å². The average molecular weight is 1020 g/mol. The summed E-state index contributed by atoms with van der Waals surface area (Å²) in [5, 5.41) is 24.1. The minimum atomic E-state index is -0.161. The number of pyridine rings is 2. The molecular weight excluding hydrogens is 957 g/mol. The Labute approximate surface area is 431 Å². The molecule has 4 fully saturated rings. The van der Waals surface area contributed by atoms with Gasteiger partial charge < -0.3 is 29.4 Å². The smallest absolute Gasteiger partial charge is 0.272 e. The van der Waals surface area contributed by atoms with Gasteiger partial charge in [0.1, 0.15) is 35.0 Å². The molecule has 0 spiro atoms. The van der Waals surface area contributed by atoms with E-state index >= 15 is 0 Å². The van der Waals surface area contributed by atoms with E-state index in [0.717, 1.165) is 93.1 Å². The minimum absolute atomic E-state index is 0.0628. The second-order valence-corrected chi connectivity index (χ2v) is 20.4. The van der Waals surface area contributed by atoms with Crippen molar-refractivity contribution >= 4 is 67.2 Å². The molecule has 19 heteroatoms. The Morgan fingerprint density at radius 3 is 1.59 bits per heavy atom. The maximum atomic E-state index is 13.8. The molecule has 0 radical (unpaired) electrons. The molecule has 3 aromatic carbocycles. The molecule has 4 saturated heterocycles. The molecule has 0 saturated carbocycles. The van der Waals surface area contributed by atoms with Crippen molar-refractivity contribution in [2.24, 2.45) is 0 Å². The number of ether oxygens (including phenoxy) is 1. The van der Waals surface area contributed by atoms with Crippen molar-refractivity contribution in [3.05, 3.63) is 132 Å². The molecule has 0 aliphatic carbocycles. The van der Waals surface area contributed by atoms with E-state index in [1.54, 1.807) is 36.7 Å². The molecule has 4 aliphatic heterocycles. The number of phenols is 1. The van der Waals surface area contributed by atoms with Crippen LogP contribution in [0.5, 0.6) is 11.5 Å². The van der Waals surface area contributed by atoms with E-state index in [4.69, 9.17) is 9.72 Å². The van der Waals surface area contributed by atoms with Crippen LogP contribution >= 0.6 is 11.5 Å². The Kier molecular flexibility index (Phi) is 14.2. The first kappa shape index (κ1) is 48.5. The molecule has 1 N–H and O–H groups in total. The predicted octanol–water partition coefficient (Wildman–Crippen LogP) is 8.36. The third kappa shape index (κ3) is 10.5. The summed E-state index contributed by atoms with van der Waals surface area (Å²) >= 11 is 1.36. The summed E-state index contributed by atoms with van der Waals surface area (Å²) in [6, 6.07) is 24.0. The highest BCUT2D eigenvalue weighted by Gasteiger charge is 2.30. The highest BCUT2D eigenvalue weighted by molar-refractivity contribution is 7.12. The fourth-order valence-corrected chi connectivity index (χ4v) is 11.2. The number of phenolic OH excluding ortho intramolecular Hbond substituents is 1. The van der Waals surface area contributed by atoms with E-state index in [9.17, 15) is 24.3 Å². The molecule has 74 heavy (non-hydrogen) atoms. The topological polar surface area (TPSA) is 198 Å². The molecule has 0 bridgehead atoms. The van der Waals surface area contributed by atoms with E-state index in [0.29, 0.717) is 90.3 Å². The van der Waals surface area contributed by atoms with Crippen molar-refractivity contribution < 1.29 is 29.0 Å². The number of nitrogens with zero attached hydrogens (tertiary/aromatic N) is 12. The number of benzene rings is 3. The van der Waals surface area contributed by atoms with Crippen molar-refractivity contribution in [1.29, 1.82) is 0 Å². The van der Waals surface area contributed by atoms with Crippen LogP contribution < -0.4 is 4.74 Å². The van der Waals surface area contributed by atoms with Crippen molar-refractivity contribution in [3.8, 4) is 11.5 Å². The number of aromatic nitrogens is 8. The number of rotatable bonds is 9. The number of fused-ring (bicyclic) bond motifs is 3. The number of amides is 4. The van der Waals surface area contributed by atoms with Crippen LogP contribution in [0.1, 0.15) is 124 Å². The molecular formula is C55H58N12O6S. The van der Waals surface area contributed by atoms with Crippen LogP contribution in [0.3, 0.4) is 0 Å². The lowest BCUT2D eigenvalue weighted by Crippen LogP contribution is -2.40. The molecule has 0 unspecified atom stereocenters. The van der Waals surface area contributed by atoms with Crippen molar-refractivity contribution in [3.63, 3.8) is 0 Å². The highest BCUT2D eigenvalue weighted by Crippen LogP contribution is 2.31. The van der Waals surface area contributed by atoms with E-state index in [2.05, 4.69) is 24.8 Å². The van der Waals surface area contributed by atoms with E-state index < -0.39 is 0 Å². The summed E-state index contributed by atoms with van der Waals surface area (Å²) in [6.07, 6.45) is 17.0. The first-order valence-corrected chi connectivity index (χ1v) is 26.6. The van der Waals surface area contributed by atoms with Crippen molar-refractivity contribution in [2.45, 2.75) is 82.9 Å².